The van der Waals surface area contributed by atoms with Gasteiger partial charge >= 0.3 is 5.97 Å². The Morgan fingerprint density at radius 2 is 1.33 bits per heavy atom. The van der Waals surface area contributed by atoms with Crippen LogP contribution in [0.1, 0.15) is 97.3 Å². The Balaban J connectivity index is 3.42. The molecule has 0 aliphatic heterocycles. The third kappa shape index (κ3) is 16.0. The number of hydrogen-bond acceptors (Lipinski definition) is 3. The summed E-state index contributed by atoms with van der Waals surface area (Å²) in [4.78, 5) is 11.1. The van der Waals surface area contributed by atoms with E-state index in [-0.39, 0.29) is 12.1 Å². The van der Waals surface area contributed by atoms with Crippen LogP contribution in [0.25, 0.3) is 0 Å². The van der Waals surface area contributed by atoms with Crippen molar-refractivity contribution in [1.82, 2.24) is 0 Å². The maximum Gasteiger partial charge on any atom is 0.302 e. The number of ether oxygens (including phenoxy) is 1. The van der Waals surface area contributed by atoms with E-state index in [1.54, 1.807) is 0 Å². The van der Waals surface area contributed by atoms with Gasteiger partial charge in [0.15, 0.2) is 0 Å². The monoisotopic (exact) mass is 316 g/mol. The van der Waals surface area contributed by atoms with E-state index in [2.05, 4.69) is 19.6 Å². The molecule has 0 amide bonds. The summed E-state index contributed by atoms with van der Waals surface area (Å²) in [6, 6.07) is 0. The lowest BCUT2D eigenvalue weighted by molar-refractivity contribution is -0.147. The Morgan fingerprint density at radius 1 is 0.857 bits per heavy atom. The van der Waals surface area contributed by atoms with Crippen LogP contribution in [0, 0.1) is 0 Å². The van der Waals surface area contributed by atoms with Crippen molar-refractivity contribution in [3.63, 3.8) is 0 Å². The summed E-state index contributed by atoms with van der Waals surface area (Å²) in [6.07, 6.45) is 16.4. The smallest absolute Gasteiger partial charge is 0.302 e. The topological polar surface area (TPSA) is 26.3 Å². The van der Waals surface area contributed by atoms with E-state index in [1.807, 2.05) is 0 Å². The zero-order valence-electron chi connectivity index (χ0n) is 14.2. The molecule has 0 saturated heterocycles. The fourth-order valence-electron chi connectivity index (χ4n) is 2.65. The van der Waals surface area contributed by atoms with Gasteiger partial charge in [0.1, 0.15) is 6.10 Å². The quantitative estimate of drug-likeness (QED) is 0.230. The molecule has 126 valence electrons. The van der Waals surface area contributed by atoms with E-state index in [0.717, 1.165) is 25.0 Å². The number of thiol groups is 1. The molecule has 0 bridgehead atoms. The highest BCUT2D eigenvalue weighted by Crippen LogP contribution is 2.15. The van der Waals surface area contributed by atoms with Crippen LogP contribution in [0.3, 0.4) is 0 Å². The minimum Gasteiger partial charge on any atom is -0.463 e. The first-order chi connectivity index (χ1) is 10.2. The minimum atomic E-state index is -0.127. The molecule has 0 aromatic rings. The first-order valence-electron chi connectivity index (χ1n) is 8.98. The fraction of sp³-hybridized carbons (Fsp3) is 0.944. The maximum absolute atomic E-state index is 11.1. The molecule has 0 aromatic heterocycles. The van der Waals surface area contributed by atoms with Crippen molar-refractivity contribution >= 4 is 18.6 Å². The highest BCUT2D eigenvalue weighted by molar-refractivity contribution is 7.80. The zero-order chi connectivity index (χ0) is 15.8. The third-order valence-electron chi connectivity index (χ3n) is 3.90. The second-order valence-corrected chi connectivity index (χ2v) is 6.52. The normalized spacial score (nSPS) is 12.3. The van der Waals surface area contributed by atoms with Crippen LogP contribution in [0.15, 0.2) is 0 Å². The van der Waals surface area contributed by atoms with Crippen LogP contribution in [0.5, 0.6) is 0 Å². The first kappa shape index (κ1) is 20.8. The molecule has 0 rings (SSSR count). The molecule has 1 atom stereocenters. The highest BCUT2D eigenvalue weighted by atomic mass is 32.1. The fourth-order valence-corrected chi connectivity index (χ4v) is 2.87. The van der Waals surface area contributed by atoms with E-state index in [0.29, 0.717) is 0 Å². The lowest BCUT2D eigenvalue weighted by atomic mass is 10.0. The Morgan fingerprint density at radius 3 is 1.81 bits per heavy atom. The predicted molar refractivity (Wildman–Crippen MR) is 95.1 cm³/mol. The van der Waals surface area contributed by atoms with Crippen LogP contribution < -0.4 is 0 Å². The molecular formula is C18H36O2S. The molecule has 0 spiro atoms. The van der Waals surface area contributed by atoms with Crippen LogP contribution in [0.2, 0.25) is 0 Å². The van der Waals surface area contributed by atoms with Crippen molar-refractivity contribution in [3.05, 3.63) is 0 Å². The first-order valence-corrected chi connectivity index (χ1v) is 9.62. The number of rotatable bonds is 15. The summed E-state index contributed by atoms with van der Waals surface area (Å²) in [7, 11) is 0. The van der Waals surface area contributed by atoms with Gasteiger partial charge in [0.25, 0.3) is 0 Å². The number of esters is 1. The second kappa shape index (κ2) is 16.2. The SMILES string of the molecule is CCCCC(CCCCCCCCCCCS)OC(C)=O. The molecule has 2 nitrogen and oxygen atoms in total. The summed E-state index contributed by atoms with van der Waals surface area (Å²) < 4.78 is 5.39. The van der Waals surface area contributed by atoms with Crippen molar-refractivity contribution in [3.8, 4) is 0 Å². The van der Waals surface area contributed by atoms with Crippen molar-refractivity contribution in [2.45, 2.75) is 103 Å². The van der Waals surface area contributed by atoms with E-state index in [1.165, 1.54) is 71.1 Å². The molecule has 21 heavy (non-hydrogen) atoms. The molecule has 0 fully saturated rings. The van der Waals surface area contributed by atoms with Gasteiger partial charge in [0, 0.05) is 6.92 Å². The molecule has 0 radical (unpaired) electrons. The number of carbonyl (C=O) groups is 1. The zero-order valence-corrected chi connectivity index (χ0v) is 15.1. The van der Waals surface area contributed by atoms with E-state index in [4.69, 9.17) is 4.74 Å². The number of carbonyl (C=O) groups excluding carboxylic acids is 1. The molecule has 3 heteroatoms. The molecule has 0 heterocycles. The van der Waals surface area contributed by atoms with E-state index in [9.17, 15) is 4.79 Å². The van der Waals surface area contributed by atoms with Crippen LogP contribution >= 0.6 is 12.6 Å². The average molecular weight is 317 g/mol. The molecule has 0 saturated carbocycles. The summed E-state index contributed by atoms with van der Waals surface area (Å²) >= 11 is 4.23. The Bertz CT molecular complexity index is 231. The van der Waals surface area contributed by atoms with E-state index >= 15 is 0 Å². The minimum absolute atomic E-state index is 0.127. The summed E-state index contributed by atoms with van der Waals surface area (Å²) in [5.74, 6) is 0.902. The largest absolute Gasteiger partial charge is 0.463 e. The van der Waals surface area contributed by atoms with E-state index < -0.39 is 0 Å². The van der Waals surface area contributed by atoms with Crippen molar-refractivity contribution in [2.75, 3.05) is 5.75 Å². The molecule has 1 unspecified atom stereocenters. The molecule has 0 N–H and O–H groups in total. The molecule has 0 aliphatic carbocycles. The average Bonchev–Trinajstić information content (AvgIpc) is 2.46. The van der Waals surface area contributed by atoms with Gasteiger partial charge < -0.3 is 4.74 Å². The van der Waals surface area contributed by atoms with Gasteiger partial charge in [-0.1, -0.05) is 64.7 Å². The summed E-state index contributed by atoms with van der Waals surface area (Å²) in [5.41, 5.74) is 0. The summed E-state index contributed by atoms with van der Waals surface area (Å²) in [6.45, 7) is 3.70. The molecule has 0 aromatic carbocycles. The second-order valence-electron chi connectivity index (χ2n) is 6.07. The van der Waals surface area contributed by atoms with Gasteiger partial charge in [-0.15, -0.1) is 0 Å². The van der Waals surface area contributed by atoms with Crippen molar-refractivity contribution in [1.29, 1.82) is 0 Å². The molecule has 0 aliphatic rings. The Labute approximate surface area is 137 Å². The highest BCUT2D eigenvalue weighted by Gasteiger charge is 2.10. The number of unbranched alkanes of at least 4 members (excludes halogenated alkanes) is 9. The van der Waals surface area contributed by atoms with Gasteiger partial charge in [-0.25, -0.2) is 0 Å². The Hall–Kier alpha value is -0.180. The Kier molecular flexibility index (Phi) is 16.1. The van der Waals surface area contributed by atoms with Crippen molar-refractivity contribution < 1.29 is 9.53 Å². The van der Waals surface area contributed by atoms with Gasteiger partial charge in [0.2, 0.25) is 0 Å². The molecular weight excluding hydrogens is 280 g/mol. The van der Waals surface area contributed by atoms with Gasteiger partial charge in [-0.05, 0) is 31.4 Å². The van der Waals surface area contributed by atoms with Gasteiger partial charge in [-0.2, -0.15) is 12.6 Å². The third-order valence-corrected chi connectivity index (χ3v) is 4.21. The maximum atomic E-state index is 11.1. The number of hydrogen-bond donors (Lipinski definition) is 1. The van der Waals surface area contributed by atoms with Gasteiger partial charge in [0.05, 0.1) is 0 Å². The van der Waals surface area contributed by atoms with Crippen LogP contribution in [-0.2, 0) is 9.53 Å². The standard InChI is InChI=1S/C18H36O2S/c1-3-4-14-18(20-17(2)19)15-12-10-8-6-5-7-9-11-13-16-21/h18,21H,3-16H2,1-2H3. The van der Waals surface area contributed by atoms with Crippen molar-refractivity contribution in [2.24, 2.45) is 0 Å². The van der Waals surface area contributed by atoms with Crippen LogP contribution in [-0.4, -0.2) is 17.8 Å². The predicted octanol–water partition coefficient (Wildman–Crippen LogP) is 5.94. The van der Waals surface area contributed by atoms with Gasteiger partial charge in [-0.3, -0.25) is 4.79 Å². The van der Waals surface area contributed by atoms with Crippen LogP contribution in [0.4, 0.5) is 0 Å². The lowest BCUT2D eigenvalue weighted by Gasteiger charge is -2.16. The lowest BCUT2D eigenvalue weighted by Crippen LogP contribution is -2.16. The summed E-state index contributed by atoms with van der Waals surface area (Å²) in [5, 5.41) is 0.